The van der Waals surface area contributed by atoms with Gasteiger partial charge in [0.05, 0.1) is 5.03 Å². The highest BCUT2D eigenvalue weighted by atomic mass is 79.9. The van der Waals surface area contributed by atoms with E-state index in [1.165, 1.54) is 5.54 Å². The van der Waals surface area contributed by atoms with Crippen LogP contribution in [0.25, 0.3) is 0 Å². The molecule has 0 aliphatic carbocycles. The van der Waals surface area contributed by atoms with Gasteiger partial charge >= 0.3 is 0 Å². The molecule has 0 aliphatic heterocycles. The molecule has 2 nitrogen and oxygen atoms in total. The second kappa shape index (κ2) is 7.27. The number of rotatable bonds is 5. The summed E-state index contributed by atoms with van der Waals surface area (Å²) in [4.78, 5) is 0. The van der Waals surface area contributed by atoms with Gasteiger partial charge in [0.15, 0.2) is 0 Å². The summed E-state index contributed by atoms with van der Waals surface area (Å²) < 4.78 is 6.64. The van der Waals surface area contributed by atoms with Gasteiger partial charge in [0, 0.05) is 21.6 Å². The van der Waals surface area contributed by atoms with E-state index in [9.17, 15) is 0 Å². The predicted octanol–water partition coefficient (Wildman–Crippen LogP) is 4.43. The van der Waals surface area contributed by atoms with Crippen molar-refractivity contribution in [2.75, 3.05) is 13.7 Å². The van der Waals surface area contributed by atoms with Crippen molar-refractivity contribution in [2.24, 2.45) is 0 Å². The lowest BCUT2D eigenvalue weighted by molar-refractivity contribution is 0.351. The van der Waals surface area contributed by atoms with Gasteiger partial charge in [-0.3, -0.25) is 0 Å². The quantitative estimate of drug-likeness (QED) is 0.857. The highest BCUT2D eigenvalue weighted by molar-refractivity contribution is 9.10. The van der Waals surface area contributed by atoms with E-state index in [1.807, 2.05) is 25.2 Å². The number of hydrogen-bond donors (Lipinski definition) is 1. The Morgan fingerprint density at radius 3 is 2.88 bits per heavy atom. The van der Waals surface area contributed by atoms with Gasteiger partial charge in [-0.15, -0.1) is 0 Å². The van der Waals surface area contributed by atoms with Gasteiger partial charge in [0.2, 0.25) is 0 Å². The van der Waals surface area contributed by atoms with Crippen molar-refractivity contribution in [3.05, 3.63) is 38.8 Å². The Bertz CT molecular complexity index is 409. The molecule has 1 aromatic carbocycles. The van der Waals surface area contributed by atoms with Gasteiger partial charge in [-0.1, -0.05) is 39.1 Å². The van der Waals surface area contributed by atoms with E-state index in [1.54, 1.807) is 0 Å². The molecule has 0 amide bonds. The minimum atomic E-state index is 0.196. The van der Waals surface area contributed by atoms with Crippen LogP contribution in [0.3, 0.4) is 0 Å². The molecule has 1 aromatic rings. The summed E-state index contributed by atoms with van der Waals surface area (Å²) in [5, 5.41) is 3.65. The minimum absolute atomic E-state index is 0.196. The van der Waals surface area contributed by atoms with E-state index in [-0.39, 0.29) is 12.6 Å². The minimum Gasteiger partial charge on any atom is -0.488 e. The monoisotopic (exact) mass is 337 g/mol. The summed E-state index contributed by atoms with van der Waals surface area (Å²) >= 11 is 14.7. The van der Waals surface area contributed by atoms with Crippen LogP contribution < -0.4 is 10.1 Å². The fraction of sp³-hybridized carbons (Fsp3) is 0.333. The van der Waals surface area contributed by atoms with Crippen LogP contribution in [-0.2, 0) is 0 Å². The van der Waals surface area contributed by atoms with Crippen LogP contribution in [-0.4, -0.2) is 13.7 Å². The molecule has 0 saturated heterocycles. The number of halogens is 3. The van der Waals surface area contributed by atoms with Crippen LogP contribution in [0.4, 0.5) is 0 Å². The van der Waals surface area contributed by atoms with Crippen molar-refractivity contribution in [2.45, 2.75) is 13.0 Å². The molecule has 94 valence electrons. The molecule has 0 fully saturated rings. The third kappa shape index (κ3) is 4.51. The molecule has 0 aliphatic rings. The fourth-order valence-corrected chi connectivity index (χ4v) is 1.82. The molecule has 0 spiro atoms. The SMILES string of the molecule is CNC(C)c1cc(Br)ccc1OCC(Cl)=CCl. The fourth-order valence-electron chi connectivity index (χ4n) is 1.32. The van der Waals surface area contributed by atoms with Crippen molar-refractivity contribution in [1.82, 2.24) is 5.32 Å². The summed E-state index contributed by atoms with van der Waals surface area (Å²) in [5.74, 6) is 0.798. The van der Waals surface area contributed by atoms with Crippen LogP contribution in [0.15, 0.2) is 33.2 Å². The van der Waals surface area contributed by atoms with Gasteiger partial charge in [-0.05, 0) is 32.2 Å². The zero-order valence-electron chi connectivity index (χ0n) is 9.64. The standard InChI is InChI=1S/C12H14BrCl2NO/c1-8(16-2)11-5-9(13)3-4-12(11)17-7-10(15)6-14/h3-6,8,16H,7H2,1-2H3. The second-order valence-electron chi connectivity index (χ2n) is 3.54. The number of hydrogen-bond acceptors (Lipinski definition) is 2. The van der Waals surface area contributed by atoms with E-state index in [0.29, 0.717) is 5.03 Å². The highest BCUT2D eigenvalue weighted by Gasteiger charge is 2.11. The van der Waals surface area contributed by atoms with Crippen LogP contribution in [0, 0.1) is 0 Å². The Morgan fingerprint density at radius 2 is 2.29 bits per heavy atom. The average molecular weight is 339 g/mol. The lowest BCUT2D eigenvalue weighted by atomic mass is 10.1. The van der Waals surface area contributed by atoms with Gasteiger partial charge in [0.25, 0.3) is 0 Å². The van der Waals surface area contributed by atoms with Crippen molar-refractivity contribution in [3.8, 4) is 5.75 Å². The Labute approximate surface area is 120 Å². The molecular weight excluding hydrogens is 325 g/mol. The molecule has 5 heteroatoms. The zero-order valence-corrected chi connectivity index (χ0v) is 12.7. The van der Waals surface area contributed by atoms with Crippen LogP contribution in [0.1, 0.15) is 18.5 Å². The van der Waals surface area contributed by atoms with Gasteiger partial charge in [0.1, 0.15) is 12.4 Å². The summed E-state index contributed by atoms with van der Waals surface area (Å²) in [6.07, 6.45) is 0. The lowest BCUT2D eigenvalue weighted by Crippen LogP contribution is -2.14. The first-order valence-corrected chi connectivity index (χ1v) is 6.73. The Morgan fingerprint density at radius 1 is 1.59 bits per heavy atom. The maximum atomic E-state index is 5.79. The highest BCUT2D eigenvalue weighted by Crippen LogP contribution is 2.28. The molecule has 0 bridgehead atoms. The van der Waals surface area contributed by atoms with Crippen molar-refractivity contribution < 1.29 is 4.74 Å². The van der Waals surface area contributed by atoms with Gasteiger partial charge < -0.3 is 10.1 Å². The molecule has 0 radical (unpaired) electrons. The summed E-state index contributed by atoms with van der Waals surface area (Å²) in [7, 11) is 1.90. The van der Waals surface area contributed by atoms with Crippen LogP contribution >= 0.6 is 39.1 Å². The first kappa shape index (κ1) is 14.8. The molecule has 1 atom stereocenters. The van der Waals surface area contributed by atoms with Crippen molar-refractivity contribution in [1.29, 1.82) is 0 Å². The molecule has 17 heavy (non-hydrogen) atoms. The van der Waals surface area contributed by atoms with E-state index in [0.717, 1.165) is 15.8 Å². The molecule has 0 aromatic heterocycles. The maximum Gasteiger partial charge on any atom is 0.125 e. The topological polar surface area (TPSA) is 21.3 Å². The van der Waals surface area contributed by atoms with E-state index in [2.05, 4.69) is 28.2 Å². The first-order chi connectivity index (χ1) is 8.08. The predicted molar refractivity (Wildman–Crippen MR) is 76.9 cm³/mol. The second-order valence-corrected chi connectivity index (χ2v) is 5.16. The summed E-state index contributed by atoms with van der Waals surface area (Å²) in [6.45, 7) is 2.34. The largest absolute Gasteiger partial charge is 0.488 e. The number of benzene rings is 1. The van der Waals surface area contributed by atoms with E-state index in [4.69, 9.17) is 27.9 Å². The Kier molecular flexibility index (Phi) is 6.34. The molecular formula is C12H14BrCl2NO. The Hall–Kier alpha value is -0.220. The third-order valence-electron chi connectivity index (χ3n) is 2.36. The maximum absolute atomic E-state index is 5.79. The van der Waals surface area contributed by atoms with Crippen LogP contribution in [0.5, 0.6) is 5.75 Å². The summed E-state index contributed by atoms with van der Waals surface area (Å²) in [6, 6.07) is 6.06. The Balaban J connectivity index is 2.90. The molecule has 0 heterocycles. The normalized spacial score (nSPS) is 13.6. The van der Waals surface area contributed by atoms with E-state index >= 15 is 0 Å². The van der Waals surface area contributed by atoms with Crippen molar-refractivity contribution in [3.63, 3.8) is 0 Å². The first-order valence-electron chi connectivity index (χ1n) is 5.12. The summed E-state index contributed by atoms with van der Waals surface area (Å²) in [5.41, 5.74) is 2.38. The van der Waals surface area contributed by atoms with Crippen molar-refractivity contribution >= 4 is 39.1 Å². The smallest absolute Gasteiger partial charge is 0.125 e. The van der Waals surface area contributed by atoms with E-state index < -0.39 is 0 Å². The number of ether oxygens (including phenoxy) is 1. The van der Waals surface area contributed by atoms with Gasteiger partial charge in [-0.2, -0.15) is 0 Å². The molecule has 0 saturated carbocycles. The van der Waals surface area contributed by atoms with Crippen LogP contribution in [0.2, 0.25) is 0 Å². The van der Waals surface area contributed by atoms with Gasteiger partial charge in [-0.25, -0.2) is 0 Å². The average Bonchev–Trinajstić information content (AvgIpc) is 2.35. The lowest BCUT2D eigenvalue weighted by Gasteiger charge is -2.16. The molecule has 1 rings (SSSR count). The molecule has 1 unspecified atom stereocenters. The number of nitrogens with one attached hydrogen (secondary N) is 1. The molecule has 1 N–H and O–H groups in total. The zero-order chi connectivity index (χ0) is 12.8. The third-order valence-corrected chi connectivity index (χ3v) is 3.44.